The van der Waals surface area contributed by atoms with Gasteiger partial charge in [0.25, 0.3) is 0 Å². The number of rotatable bonds is 3. The standard InChI is InChI=1S/C14H23N3O/c1-10-4-5-11(8-10)9-12-16-13(17-18-12)14(15)6-2-3-7-14/h10-11H,2-9,15H2,1H3. The van der Waals surface area contributed by atoms with Crippen LogP contribution in [0.25, 0.3) is 0 Å². The minimum absolute atomic E-state index is 0.315. The van der Waals surface area contributed by atoms with E-state index in [0.717, 1.165) is 42.8 Å². The van der Waals surface area contributed by atoms with Gasteiger partial charge >= 0.3 is 0 Å². The topological polar surface area (TPSA) is 64.9 Å². The van der Waals surface area contributed by atoms with Crippen LogP contribution in [-0.2, 0) is 12.0 Å². The Balaban J connectivity index is 1.66. The molecule has 2 aliphatic rings. The first kappa shape index (κ1) is 12.2. The second kappa shape index (κ2) is 4.65. The maximum atomic E-state index is 6.34. The van der Waals surface area contributed by atoms with Crippen LogP contribution >= 0.6 is 0 Å². The van der Waals surface area contributed by atoms with Gasteiger partial charge in [-0.3, -0.25) is 0 Å². The van der Waals surface area contributed by atoms with Crippen LogP contribution < -0.4 is 5.73 Å². The van der Waals surface area contributed by atoms with Gasteiger partial charge in [0.05, 0.1) is 5.54 Å². The molecule has 100 valence electrons. The predicted molar refractivity (Wildman–Crippen MR) is 68.8 cm³/mol. The van der Waals surface area contributed by atoms with Gasteiger partial charge in [0.2, 0.25) is 5.89 Å². The Bertz CT molecular complexity index is 409. The lowest BCUT2D eigenvalue weighted by Crippen LogP contribution is -2.34. The third-order valence-electron chi connectivity index (χ3n) is 4.68. The summed E-state index contributed by atoms with van der Waals surface area (Å²) in [6.45, 7) is 2.33. The second-order valence-corrected chi connectivity index (χ2v) is 6.36. The van der Waals surface area contributed by atoms with Crippen LogP contribution in [0.4, 0.5) is 0 Å². The van der Waals surface area contributed by atoms with Gasteiger partial charge in [-0.2, -0.15) is 4.98 Å². The molecular weight excluding hydrogens is 226 g/mol. The molecule has 1 heterocycles. The first-order valence-electron chi connectivity index (χ1n) is 7.28. The van der Waals surface area contributed by atoms with Gasteiger partial charge in [0.15, 0.2) is 5.82 Å². The lowest BCUT2D eigenvalue weighted by Gasteiger charge is -2.17. The molecule has 2 saturated carbocycles. The average molecular weight is 249 g/mol. The zero-order valence-corrected chi connectivity index (χ0v) is 11.2. The summed E-state index contributed by atoms with van der Waals surface area (Å²) in [5.74, 6) is 3.11. The first-order chi connectivity index (χ1) is 8.66. The first-order valence-corrected chi connectivity index (χ1v) is 7.28. The molecule has 0 saturated heterocycles. The molecule has 2 aliphatic carbocycles. The normalized spacial score (nSPS) is 31.0. The fourth-order valence-electron chi connectivity index (χ4n) is 3.53. The van der Waals surface area contributed by atoms with Crippen molar-refractivity contribution in [2.24, 2.45) is 17.6 Å². The summed E-state index contributed by atoms with van der Waals surface area (Å²) < 4.78 is 5.40. The van der Waals surface area contributed by atoms with Crippen molar-refractivity contribution in [3.05, 3.63) is 11.7 Å². The predicted octanol–water partition coefficient (Wildman–Crippen LogP) is 2.78. The van der Waals surface area contributed by atoms with E-state index in [1.807, 2.05) is 0 Å². The average Bonchev–Trinajstić information content (AvgIpc) is 3.02. The van der Waals surface area contributed by atoms with Crippen molar-refractivity contribution in [2.45, 2.75) is 63.8 Å². The number of hydrogen-bond donors (Lipinski definition) is 1. The fourth-order valence-corrected chi connectivity index (χ4v) is 3.53. The van der Waals surface area contributed by atoms with Crippen LogP contribution in [0.15, 0.2) is 4.52 Å². The molecule has 4 heteroatoms. The van der Waals surface area contributed by atoms with Gasteiger partial charge < -0.3 is 10.3 Å². The van der Waals surface area contributed by atoms with Gasteiger partial charge in [-0.1, -0.05) is 31.3 Å². The van der Waals surface area contributed by atoms with E-state index < -0.39 is 0 Å². The molecule has 0 radical (unpaired) electrons. The van der Waals surface area contributed by atoms with E-state index >= 15 is 0 Å². The van der Waals surface area contributed by atoms with Crippen LogP contribution in [0.1, 0.15) is 63.6 Å². The number of nitrogens with zero attached hydrogens (tertiary/aromatic N) is 2. The highest BCUT2D eigenvalue weighted by atomic mass is 16.5. The monoisotopic (exact) mass is 249 g/mol. The summed E-state index contributed by atoms with van der Waals surface area (Å²) in [5, 5.41) is 4.12. The SMILES string of the molecule is CC1CCC(Cc2nc(C3(N)CCCC3)no2)C1. The summed E-state index contributed by atoms with van der Waals surface area (Å²) in [4.78, 5) is 4.55. The van der Waals surface area contributed by atoms with E-state index in [2.05, 4.69) is 17.1 Å². The van der Waals surface area contributed by atoms with E-state index in [1.54, 1.807) is 0 Å². The maximum absolute atomic E-state index is 6.34. The van der Waals surface area contributed by atoms with Crippen molar-refractivity contribution in [3.8, 4) is 0 Å². The molecular formula is C14H23N3O. The Morgan fingerprint density at radius 1 is 1.33 bits per heavy atom. The Morgan fingerprint density at radius 3 is 2.78 bits per heavy atom. The van der Waals surface area contributed by atoms with Crippen LogP contribution in [-0.4, -0.2) is 10.1 Å². The number of nitrogens with two attached hydrogens (primary N) is 1. The van der Waals surface area contributed by atoms with Gasteiger partial charge in [0, 0.05) is 6.42 Å². The summed E-state index contributed by atoms with van der Waals surface area (Å²) in [6.07, 6.45) is 9.22. The molecule has 3 rings (SSSR count). The van der Waals surface area contributed by atoms with Gasteiger partial charge in [-0.05, 0) is 37.5 Å². The molecule has 0 aromatic carbocycles. The molecule has 0 aliphatic heterocycles. The lowest BCUT2D eigenvalue weighted by molar-refractivity contribution is 0.333. The minimum Gasteiger partial charge on any atom is -0.339 e. The summed E-state index contributed by atoms with van der Waals surface area (Å²) in [5.41, 5.74) is 6.02. The van der Waals surface area contributed by atoms with Crippen LogP contribution in [0.3, 0.4) is 0 Å². The highest BCUT2D eigenvalue weighted by Gasteiger charge is 2.36. The summed E-state index contributed by atoms with van der Waals surface area (Å²) >= 11 is 0. The third-order valence-corrected chi connectivity index (χ3v) is 4.68. The van der Waals surface area contributed by atoms with Crippen molar-refractivity contribution in [2.75, 3.05) is 0 Å². The van der Waals surface area contributed by atoms with E-state index in [1.165, 1.54) is 32.1 Å². The second-order valence-electron chi connectivity index (χ2n) is 6.36. The lowest BCUT2D eigenvalue weighted by atomic mass is 9.98. The minimum atomic E-state index is -0.315. The Kier molecular flexibility index (Phi) is 3.14. The van der Waals surface area contributed by atoms with Crippen molar-refractivity contribution >= 4 is 0 Å². The van der Waals surface area contributed by atoms with Crippen molar-refractivity contribution in [1.82, 2.24) is 10.1 Å². The van der Waals surface area contributed by atoms with Gasteiger partial charge in [-0.25, -0.2) is 0 Å². The zero-order valence-electron chi connectivity index (χ0n) is 11.2. The van der Waals surface area contributed by atoms with E-state index in [9.17, 15) is 0 Å². The molecule has 1 aromatic heterocycles. The van der Waals surface area contributed by atoms with Gasteiger partial charge in [0.1, 0.15) is 0 Å². The maximum Gasteiger partial charge on any atom is 0.226 e. The Morgan fingerprint density at radius 2 is 2.11 bits per heavy atom. The van der Waals surface area contributed by atoms with E-state index in [-0.39, 0.29) is 5.54 Å². The van der Waals surface area contributed by atoms with Crippen LogP contribution in [0.5, 0.6) is 0 Å². The third kappa shape index (κ3) is 2.30. The van der Waals surface area contributed by atoms with Crippen LogP contribution in [0, 0.1) is 11.8 Å². The van der Waals surface area contributed by atoms with E-state index in [4.69, 9.17) is 10.3 Å². The molecule has 2 N–H and O–H groups in total. The molecule has 4 nitrogen and oxygen atoms in total. The molecule has 1 aromatic rings. The summed E-state index contributed by atoms with van der Waals surface area (Å²) in [6, 6.07) is 0. The number of aromatic nitrogens is 2. The molecule has 0 spiro atoms. The molecule has 2 fully saturated rings. The smallest absolute Gasteiger partial charge is 0.226 e. The quantitative estimate of drug-likeness (QED) is 0.894. The van der Waals surface area contributed by atoms with Crippen molar-refractivity contribution < 1.29 is 4.52 Å². The van der Waals surface area contributed by atoms with Gasteiger partial charge in [-0.15, -0.1) is 0 Å². The molecule has 0 amide bonds. The fraction of sp³-hybridized carbons (Fsp3) is 0.857. The van der Waals surface area contributed by atoms with E-state index in [0.29, 0.717) is 0 Å². The summed E-state index contributed by atoms with van der Waals surface area (Å²) in [7, 11) is 0. The molecule has 18 heavy (non-hydrogen) atoms. The Hall–Kier alpha value is -0.900. The molecule has 2 atom stereocenters. The molecule has 0 bridgehead atoms. The number of hydrogen-bond acceptors (Lipinski definition) is 4. The largest absolute Gasteiger partial charge is 0.339 e. The van der Waals surface area contributed by atoms with Crippen molar-refractivity contribution in [1.29, 1.82) is 0 Å². The van der Waals surface area contributed by atoms with Crippen molar-refractivity contribution in [3.63, 3.8) is 0 Å². The zero-order chi connectivity index (χ0) is 12.6. The molecule has 2 unspecified atom stereocenters. The Labute approximate surface area is 108 Å². The highest BCUT2D eigenvalue weighted by molar-refractivity contribution is 5.06. The van der Waals surface area contributed by atoms with Crippen LogP contribution in [0.2, 0.25) is 0 Å². The highest BCUT2D eigenvalue weighted by Crippen LogP contribution is 2.36.